The van der Waals surface area contributed by atoms with Crippen molar-refractivity contribution >= 4 is 58.2 Å². The van der Waals surface area contributed by atoms with Crippen LogP contribution in [0.4, 0.5) is 0 Å². The highest BCUT2D eigenvalue weighted by Crippen LogP contribution is 2.28. The first-order valence-electron chi connectivity index (χ1n) is 8.71. The fraction of sp³-hybridized carbons (Fsp3) is 0.300. The van der Waals surface area contributed by atoms with Crippen LogP contribution >= 0.6 is 46.4 Å². The molecule has 3 rings (SSSR count). The highest BCUT2D eigenvalue weighted by Gasteiger charge is 2.36. The standard InChI is InChI=1S/C20H18Cl4N2O2/c1-11-9-26(20(28)16-8-14(22)4-6-18(16)24)12(2)10-25(11)19(27)15-7-13(21)3-5-17(15)23/h3-8,11-12H,9-10H2,1-2H3. The molecule has 2 atom stereocenters. The molecule has 0 spiro atoms. The molecule has 1 fully saturated rings. The van der Waals surface area contributed by atoms with E-state index in [4.69, 9.17) is 46.4 Å². The zero-order valence-electron chi connectivity index (χ0n) is 15.3. The molecule has 2 aromatic rings. The van der Waals surface area contributed by atoms with Crippen LogP contribution < -0.4 is 0 Å². The number of halogens is 4. The Kier molecular flexibility index (Phi) is 6.45. The summed E-state index contributed by atoms with van der Waals surface area (Å²) in [5, 5.41) is 1.58. The van der Waals surface area contributed by atoms with Crippen molar-refractivity contribution in [3.63, 3.8) is 0 Å². The van der Waals surface area contributed by atoms with Gasteiger partial charge in [-0.25, -0.2) is 0 Å². The lowest BCUT2D eigenvalue weighted by Crippen LogP contribution is -2.59. The topological polar surface area (TPSA) is 40.6 Å². The summed E-state index contributed by atoms with van der Waals surface area (Å²) < 4.78 is 0. The largest absolute Gasteiger partial charge is 0.332 e. The second kappa shape index (κ2) is 8.50. The number of hydrogen-bond acceptors (Lipinski definition) is 2. The molecule has 0 radical (unpaired) electrons. The summed E-state index contributed by atoms with van der Waals surface area (Å²) in [6.07, 6.45) is 0. The maximum atomic E-state index is 13.0. The van der Waals surface area contributed by atoms with Crippen LogP contribution in [0.1, 0.15) is 34.6 Å². The molecule has 0 aromatic heterocycles. The summed E-state index contributed by atoms with van der Waals surface area (Å²) in [5.74, 6) is -0.417. The van der Waals surface area contributed by atoms with E-state index in [-0.39, 0.29) is 23.9 Å². The van der Waals surface area contributed by atoms with Gasteiger partial charge in [0.15, 0.2) is 0 Å². The fourth-order valence-corrected chi connectivity index (χ4v) is 4.07. The third-order valence-electron chi connectivity index (χ3n) is 4.83. The monoisotopic (exact) mass is 458 g/mol. The van der Waals surface area contributed by atoms with Gasteiger partial charge in [0, 0.05) is 35.2 Å². The molecule has 0 aliphatic carbocycles. The van der Waals surface area contributed by atoms with Gasteiger partial charge in [0.2, 0.25) is 0 Å². The van der Waals surface area contributed by atoms with Gasteiger partial charge in [-0.1, -0.05) is 46.4 Å². The van der Waals surface area contributed by atoms with Crippen molar-refractivity contribution in [1.82, 2.24) is 9.80 Å². The van der Waals surface area contributed by atoms with E-state index in [1.54, 1.807) is 46.2 Å². The lowest BCUT2D eigenvalue weighted by Gasteiger charge is -2.44. The van der Waals surface area contributed by atoms with E-state index in [2.05, 4.69) is 0 Å². The van der Waals surface area contributed by atoms with E-state index in [1.165, 1.54) is 0 Å². The summed E-state index contributed by atoms with van der Waals surface area (Å²) in [7, 11) is 0. The summed E-state index contributed by atoms with van der Waals surface area (Å²) >= 11 is 24.4. The molecule has 148 valence electrons. The van der Waals surface area contributed by atoms with E-state index in [0.717, 1.165) is 0 Å². The average Bonchev–Trinajstić information content (AvgIpc) is 2.66. The molecule has 1 aliphatic rings. The molecule has 1 heterocycles. The van der Waals surface area contributed by atoms with Gasteiger partial charge in [0.25, 0.3) is 11.8 Å². The number of benzene rings is 2. The van der Waals surface area contributed by atoms with Crippen LogP contribution in [0, 0.1) is 0 Å². The molecule has 28 heavy (non-hydrogen) atoms. The van der Waals surface area contributed by atoms with Gasteiger partial charge >= 0.3 is 0 Å². The second-order valence-corrected chi connectivity index (χ2v) is 8.55. The minimum atomic E-state index is -0.209. The Morgan fingerprint density at radius 1 is 0.750 bits per heavy atom. The number of piperazine rings is 1. The van der Waals surface area contributed by atoms with Crippen molar-refractivity contribution in [1.29, 1.82) is 0 Å². The molecule has 0 saturated carbocycles. The minimum absolute atomic E-state index is 0.208. The molecular weight excluding hydrogens is 442 g/mol. The summed E-state index contributed by atoms with van der Waals surface area (Å²) in [4.78, 5) is 29.5. The van der Waals surface area contributed by atoms with Crippen LogP contribution in [-0.4, -0.2) is 46.8 Å². The highest BCUT2D eigenvalue weighted by molar-refractivity contribution is 6.36. The normalized spacial score (nSPS) is 19.6. The molecule has 1 aliphatic heterocycles. The molecule has 1 saturated heterocycles. The van der Waals surface area contributed by atoms with E-state index in [0.29, 0.717) is 44.3 Å². The van der Waals surface area contributed by atoms with E-state index >= 15 is 0 Å². The van der Waals surface area contributed by atoms with Crippen molar-refractivity contribution in [3.8, 4) is 0 Å². The lowest BCUT2D eigenvalue weighted by molar-refractivity contribution is 0.0270. The van der Waals surface area contributed by atoms with Crippen LogP contribution in [0.15, 0.2) is 36.4 Å². The van der Waals surface area contributed by atoms with Crippen molar-refractivity contribution in [2.45, 2.75) is 25.9 Å². The molecule has 2 amide bonds. The first-order valence-corrected chi connectivity index (χ1v) is 10.2. The SMILES string of the molecule is CC1CN(C(=O)c2cc(Cl)ccc2Cl)C(C)CN1C(=O)c1cc(Cl)ccc1Cl. The van der Waals surface area contributed by atoms with Gasteiger partial charge in [-0.3, -0.25) is 9.59 Å². The van der Waals surface area contributed by atoms with Crippen molar-refractivity contribution in [3.05, 3.63) is 67.6 Å². The number of carbonyl (C=O) groups is 2. The highest BCUT2D eigenvalue weighted by atomic mass is 35.5. The molecule has 8 heteroatoms. The van der Waals surface area contributed by atoms with Crippen LogP contribution in [0.5, 0.6) is 0 Å². The van der Waals surface area contributed by atoms with Gasteiger partial charge in [-0.15, -0.1) is 0 Å². The molecule has 2 unspecified atom stereocenters. The van der Waals surface area contributed by atoms with Crippen LogP contribution in [-0.2, 0) is 0 Å². The van der Waals surface area contributed by atoms with Gasteiger partial charge < -0.3 is 9.80 Å². The molecule has 2 aromatic carbocycles. The Morgan fingerprint density at radius 2 is 1.11 bits per heavy atom. The van der Waals surface area contributed by atoms with Crippen LogP contribution in [0.2, 0.25) is 20.1 Å². The quantitative estimate of drug-likeness (QED) is 0.579. The van der Waals surface area contributed by atoms with Crippen LogP contribution in [0.25, 0.3) is 0 Å². The summed E-state index contributed by atoms with van der Waals surface area (Å²) in [6, 6.07) is 9.19. The molecule has 0 N–H and O–H groups in total. The zero-order chi connectivity index (χ0) is 20.6. The maximum Gasteiger partial charge on any atom is 0.255 e. The number of carbonyl (C=O) groups excluding carboxylic acids is 2. The predicted octanol–water partition coefficient (Wildman–Crippen LogP) is 5.68. The summed E-state index contributed by atoms with van der Waals surface area (Å²) in [6.45, 7) is 4.52. The number of hydrogen-bond donors (Lipinski definition) is 0. The smallest absolute Gasteiger partial charge is 0.255 e. The van der Waals surface area contributed by atoms with Crippen molar-refractivity contribution < 1.29 is 9.59 Å². The van der Waals surface area contributed by atoms with Crippen molar-refractivity contribution in [2.75, 3.05) is 13.1 Å². The Hall–Kier alpha value is -1.46. The van der Waals surface area contributed by atoms with E-state index in [9.17, 15) is 9.59 Å². The first kappa shape index (κ1) is 21.3. The number of rotatable bonds is 2. The number of amides is 2. The Labute approximate surface area is 183 Å². The zero-order valence-corrected chi connectivity index (χ0v) is 18.3. The maximum absolute atomic E-state index is 13.0. The van der Waals surface area contributed by atoms with E-state index < -0.39 is 0 Å². The average molecular weight is 460 g/mol. The summed E-state index contributed by atoms with van der Waals surface area (Å²) in [5.41, 5.74) is 0.705. The van der Waals surface area contributed by atoms with Gasteiger partial charge in [0.1, 0.15) is 0 Å². The minimum Gasteiger partial charge on any atom is -0.332 e. The second-order valence-electron chi connectivity index (χ2n) is 6.86. The molecule has 0 bridgehead atoms. The molecule has 4 nitrogen and oxygen atoms in total. The lowest BCUT2D eigenvalue weighted by atomic mass is 10.0. The third kappa shape index (κ3) is 4.25. The first-order chi connectivity index (χ1) is 13.2. The van der Waals surface area contributed by atoms with Gasteiger partial charge in [-0.2, -0.15) is 0 Å². The Morgan fingerprint density at radius 3 is 1.46 bits per heavy atom. The Bertz CT molecular complexity index is 859. The van der Waals surface area contributed by atoms with Gasteiger partial charge in [-0.05, 0) is 50.2 Å². The van der Waals surface area contributed by atoms with Gasteiger partial charge in [0.05, 0.1) is 21.2 Å². The third-order valence-corrected chi connectivity index (χ3v) is 5.95. The Balaban J connectivity index is 1.82. The van der Waals surface area contributed by atoms with Crippen LogP contribution in [0.3, 0.4) is 0 Å². The van der Waals surface area contributed by atoms with Crippen molar-refractivity contribution in [2.24, 2.45) is 0 Å². The fourth-order valence-electron chi connectivity index (χ4n) is 3.32. The predicted molar refractivity (Wildman–Crippen MR) is 114 cm³/mol. The number of nitrogens with zero attached hydrogens (tertiary/aromatic N) is 2. The molecular formula is C20H18Cl4N2O2. The van der Waals surface area contributed by atoms with E-state index in [1.807, 2.05) is 13.8 Å².